The predicted molar refractivity (Wildman–Crippen MR) is 117 cm³/mol. The number of carbonyl (C=O) groups is 3. The monoisotopic (exact) mass is 422 g/mol. The Labute approximate surface area is 181 Å². The summed E-state index contributed by atoms with van der Waals surface area (Å²) < 4.78 is 5.29. The molecule has 4 rings (SSSR count). The number of nitrogens with zero attached hydrogens (tertiary/aromatic N) is 4. The van der Waals surface area contributed by atoms with Crippen LogP contribution in [0.15, 0.2) is 53.6 Å². The third kappa shape index (κ3) is 4.52. The van der Waals surface area contributed by atoms with E-state index in [2.05, 4.69) is 9.89 Å². The van der Waals surface area contributed by atoms with Crippen LogP contribution in [0, 0.1) is 5.92 Å². The molecule has 1 aliphatic carbocycles. The summed E-state index contributed by atoms with van der Waals surface area (Å²) in [6.45, 7) is 3.00. The molecule has 1 atom stereocenters. The van der Waals surface area contributed by atoms with Crippen LogP contribution in [0.5, 0.6) is 5.75 Å². The van der Waals surface area contributed by atoms with Gasteiger partial charge < -0.3 is 14.5 Å². The number of carbonyl (C=O) groups excluding carboxylic acids is 3. The van der Waals surface area contributed by atoms with E-state index in [-0.39, 0.29) is 18.4 Å². The maximum atomic E-state index is 12.6. The van der Waals surface area contributed by atoms with Crippen molar-refractivity contribution in [2.24, 2.45) is 10.9 Å². The van der Waals surface area contributed by atoms with Crippen LogP contribution in [0.3, 0.4) is 0 Å². The summed E-state index contributed by atoms with van der Waals surface area (Å²) in [5.41, 5.74) is 1.57. The minimum atomic E-state index is -0.546. The molecule has 0 bridgehead atoms. The van der Waals surface area contributed by atoms with Gasteiger partial charge in [-0.25, -0.2) is 4.79 Å². The van der Waals surface area contributed by atoms with E-state index in [4.69, 9.17) is 4.74 Å². The lowest BCUT2D eigenvalue weighted by Crippen LogP contribution is -2.49. The molecule has 0 spiro atoms. The third-order valence-corrected chi connectivity index (χ3v) is 5.81. The fraction of sp³-hybridized carbons (Fsp3) is 0.391. The number of hydrogen-bond acceptors (Lipinski definition) is 5. The molecular formula is C23H26N4O4. The number of amides is 4. The highest BCUT2D eigenvalue weighted by atomic mass is 16.5. The molecule has 1 fully saturated rings. The molecule has 2 aliphatic heterocycles. The molecule has 162 valence electrons. The fourth-order valence-corrected chi connectivity index (χ4v) is 4.05. The highest BCUT2D eigenvalue weighted by Gasteiger charge is 2.35. The number of benzene rings is 1. The van der Waals surface area contributed by atoms with Crippen LogP contribution in [0.1, 0.15) is 12.8 Å². The Kier molecular flexibility index (Phi) is 6.16. The summed E-state index contributed by atoms with van der Waals surface area (Å²) in [4.78, 5) is 46.7. The number of allylic oxidation sites excluding steroid dienone is 3. The molecule has 0 aromatic heterocycles. The van der Waals surface area contributed by atoms with Crippen molar-refractivity contribution >= 4 is 29.2 Å². The third-order valence-electron chi connectivity index (χ3n) is 5.81. The lowest BCUT2D eigenvalue weighted by Gasteiger charge is -2.36. The van der Waals surface area contributed by atoms with Crippen LogP contribution in [0.4, 0.5) is 10.5 Å². The first-order chi connectivity index (χ1) is 15.1. The first-order valence-electron chi connectivity index (χ1n) is 10.5. The van der Waals surface area contributed by atoms with Gasteiger partial charge in [-0.15, -0.1) is 0 Å². The van der Waals surface area contributed by atoms with E-state index in [1.54, 1.807) is 31.4 Å². The molecule has 8 nitrogen and oxygen atoms in total. The highest BCUT2D eigenvalue weighted by Crippen LogP contribution is 2.23. The van der Waals surface area contributed by atoms with Crippen molar-refractivity contribution in [3.05, 3.63) is 48.6 Å². The van der Waals surface area contributed by atoms with Crippen LogP contribution < -0.4 is 9.64 Å². The van der Waals surface area contributed by atoms with E-state index >= 15 is 0 Å². The molecular weight excluding hydrogens is 396 g/mol. The molecule has 1 saturated heterocycles. The Bertz CT molecular complexity index is 960. The topological polar surface area (TPSA) is 82.5 Å². The summed E-state index contributed by atoms with van der Waals surface area (Å²) in [5.74, 6) is 0.0962. The van der Waals surface area contributed by atoms with Gasteiger partial charge in [-0.2, -0.15) is 4.99 Å². The lowest BCUT2D eigenvalue weighted by molar-refractivity contribution is -0.133. The largest absolute Gasteiger partial charge is 0.497 e. The number of urea groups is 1. The highest BCUT2D eigenvalue weighted by molar-refractivity contribution is 6.21. The average Bonchev–Trinajstić information content (AvgIpc) is 2.81. The average molecular weight is 422 g/mol. The normalized spacial score (nSPS) is 20.6. The molecule has 1 aromatic carbocycles. The zero-order chi connectivity index (χ0) is 21.8. The zero-order valence-electron chi connectivity index (χ0n) is 17.6. The van der Waals surface area contributed by atoms with Gasteiger partial charge in [0, 0.05) is 50.9 Å². The smallest absolute Gasteiger partial charge is 0.350 e. The number of methoxy groups -OCH3 is 1. The quantitative estimate of drug-likeness (QED) is 0.702. The second kappa shape index (κ2) is 9.16. The van der Waals surface area contributed by atoms with E-state index in [1.165, 1.54) is 0 Å². The minimum Gasteiger partial charge on any atom is -0.497 e. The second-order valence-corrected chi connectivity index (χ2v) is 7.70. The van der Waals surface area contributed by atoms with Gasteiger partial charge in [0.2, 0.25) is 11.8 Å². The van der Waals surface area contributed by atoms with Crippen molar-refractivity contribution in [2.75, 3.05) is 44.7 Å². The first kappa shape index (κ1) is 20.8. The maximum absolute atomic E-state index is 12.6. The van der Waals surface area contributed by atoms with Crippen LogP contribution in [0.2, 0.25) is 0 Å². The summed E-state index contributed by atoms with van der Waals surface area (Å²) in [5, 5.41) is 0. The zero-order valence-corrected chi connectivity index (χ0v) is 17.6. The van der Waals surface area contributed by atoms with E-state index in [0.717, 1.165) is 29.4 Å². The van der Waals surface area contributed by atoms with Crippen molar-refractivity contribution in [2.45, 2.75) is 12.8 Å². The van der Waals surface area contributed by atoms with E-state index in [0.29, 0.717) is 31.6 Å². The van der Waals surface area contributed by atoms with Crippen molar-refractivity contribution in [3.8, 4) is 5.75 Å². The van der Waals surface area contributed by atoms with Gasteiger partial charge in [0.05, 0.1) is 18.7 Å². The van der Waals surface area contributed by atoms with Crippen LogP contribution >= 0.6 is 0 Å². The Hall–Kier alpha value is -3.42. The number of imide groups is 1. The number of aliphatic imine (C=N–C) groups is 1. The fourth-order valence-electron chi connectivity index (χ4n) is 4.05. The van der Waals surface area contributed by atoms with Crippen molar-refractivity contribution in [1.29, 1.82) is 0 Å². The molecule has 0 saturated carbocycles. The van der Waals surface area contributed by atoms with Gasteiger partial charge in [-0.05, 0) is 24.6 Å². The van der Waals surface area contributed by atoms with Crippen molar-refractivity contribution < 1.29 is 19.1 Å². The van der Waals surface area contributed by atoms with Crippen molar-refractivity contribution in [3.63, 3.8) is 0 Å². The second-order valence-electron chi connectivity index (χ2n) is 7.70. The molecule has 1 aromatic rings. The number of ether oxygens (including phenoxy) is 1. The van der Waals surface area contributed by atoms with Crippen LogP contribution in [-0.4, -0.2) is 73.2 Å². The predicted octanol–water partition coefficient (Wildman–Crippen LogP) is 2.27. The summed E-state index contributed by atoms with van der Waals surface area (Å²) >= 11 is 0. The summed E-state index contributed by atoms with van der Waals surface area (Å²) in [6, 6.07) is 7.36. The number of rotatable bonds is 6. The van der Waals surface area contributed by atoms with E-state index < -0.39 is 11.9 Å². The van der Waals surface area contributed by atoms with Crippen LogP contribution in [0.25, 0.3) is 0 Å². The molecule has 1 unspecified atom stereocenters. The van der Waals surface area contributed by atoms with Crippen LogP contribution in [-0.2, 0) is 9.59 Å². The molecule has 31 heavy (non-hydrogen) atoms. The molecule has 3 aliphatic rings. The van der Waals surface area contributed by atoms with Gasteiger partial charge >= 0.3 is 6.03 Å². The van der Waals surface area contributed by atoms with E-state index in [1.807, 2.05) is 29.2 Å². The first-order valence-corrected chi connectivity index (χ1v) is 10.5. The summed E-state index contributed by atoms with van der Waals surface area (Å²) in [6.07, 6.45) is 7.71. The number of anilines is 1. The Morgan fingerprint density at radius 2 is 1.97 bits per heavy atom. The van der Waals surface area contributed by atoms with Crippen molar-refractivity contribution in [1.82, 2.24) is 9.80 Å². The molecule has 8 heteroatoms. The van der Waals surface area contributed by atoms with Gasteiger partial charge in [0.1, 0.15) is 5.75 Å². The minimum absolute atomic E-state index is 0.0480. The molecule has 0 N–H and O–H groups in total. The van der Waals surface area contributed by atoms with Gasteiger partial charge in [0.15, 0.2) is 0 Å². The number of fused-ring (bicyclic) bond motifs is 1. The Balaban J connectivity index is 1.25. The number of hydrogen-bond donors (Lipinski definition) is 0. The molecule has 2 heterocycles. The SMILES string of the molecule is COc1cccc(N2CCN(C(=O)CCCN3C(=O)N=C4C=CC=CC4C3=O)CC2)c1. The maximum Gasteiger partial charge on any atom is 0.350 e. The Morgan fingerprint density at radius 1 is 1.16 bits per heavy atom. The lowest BCUT2D eigenvalue weighted by atomic mass is 9.95. The Morgan fingerprint density at radius 3 is 2.74 bits per heavy atom. The van der Waals surface area contributed by atoms with Gasteiger partial charge in [-0.1, -0.05) is 24.3 Å². The van der Waals surface area contributed by atoms with Gasteiger partial charge in [0.25, 0.3) is 0 Å². The standard InChI is InChI=1S/C23H26N4O4/c1-31-18-7-4-6-17(16-18)25-12-14-26(15-13-25)21(28)10-5-11-27-22(29)19-8-2-3-9-20(19)24-23(27)30/h2-4,6-9,16,19H,5,10-15H2,1H3. The molecule has 0 radical (unpaired) electrons. The van der Waals surface area contributed by atoms with Gasteiger partial charge in [-0.3, -0.25) is 14.5 Å². The molecule has 4 amide bonds. The van der Waals surface area contributed by atoms with E-state index in [9.17, 15) is 14.4 Å². The summed E-state index contributed by atoms with van der Waals surface area (Å²) in [7, 11) is 1.65. The number of piperazine rings is 1.